The molecule has 4 aromatic rings. The molecular weight excluding hydrogens is 544 g/mol. The van der Waals surface area contributed by atoms with Crippen LogP contribution in [0.15, 0.2) is 90.1 Å². The van der Waals surface area contributed by atoms with Crippen LogP contribution in [0.25, 0.3) is 0 Å². The highest BCUT2D eigenvalue weighted by atomic mass is 32.2. The summed E-state index contributed by atoms with van der Waals surface area (Å²) < 4.78 is 64.7. The van der Waals surface area contributed by atoms with Crippen molar-refractivity contribution in [1.82, 2.24) is 9.71 Å². The van der Waals surface area contributed by atoms with Gasteiger partial charge in [0.1, 0.15) is 0 Å². The first kappa shape index (κ1) is 28.5. The number of amides is 1. The largest absolute Gasteiger partial charge is 0.493 e. The third-order valence-electron chi connectivity index (χ3n) is 5.79. The third kappa shape index (κ3) is 6.19. The Bertz CT molecular complexity index is 1600. The smallest absolute Gasteiger partial charge is 0.264 e. The maximum atomic E-state index is 13.5. The highest BCUT2D eigenvalue weighted by Gasteiger charge is 2.24. The maximum absolute atomic E-state index is 13.5. The Morgan fingerprint density at radius 3 is 2.35 bits per heavy atom. The van der Waals surface area contributed by atoms with Crippen LogP contribution in [-0.2, 0) is 10.0 Å². The molecule has 0 aliphatic heterocycles. The van der Waals surface area contributed by atoms with E-state index in [-0.39, 0.29) is 5.56 Å². The summed E-state index contributed by atoms with van der Waals surface area (Å²) in [5, 5.41) is 11.3. The summed E-state index contributed by atoms with van der Waals surface area (Å²) in [5.41, 5.74) is 1.42. The van der Waals surface area contributed by atoms with Gasteiger partial charge in [0.25, 0.3) is 15.9 Å². The molecule has 0 radical (unpaired) electrons. The van der Waals surface area contributed by atoms with Gasteiger partial charge in [0.15, 0.2) is 29.4 Å². The van der Waals surface area contributed by atoms with E-state index in [1.165, 1.54) is 37.6 Å². The zero-order chi connectivity index (χ0) is 28.9. The normalized spacial score (nSPS) is 11.9. The summed E-state index contributed by atoms with van der Waals surface area (Å²) in [5.74, 6) is -2.62. The van der Waals surface area contributed by atoms with Gasteiger partial charge in [-0.15, -0.1) is 0 Å². The van der Waals surface area contributed by atoms with Gasteiger partial charge in [-0.3, -0.25) is 9.78 Å². The van der Waals surface area contributed by atoms with Crippen molar-refractivity contribution in [2.24, 2.45) is 0 Å². The van der Waals surface area contributed by atoms with Crippen LogP contribution in [0.1, 0.15) is 29.1 Å². The molecule has 0 aliphatic rings. The number of carbonyl (C=O) groups is 1. The van der Waals surface area contributed by atoms with Crippen molar-refractivity contribution in [2.45, 2.75) is 18.0 Å². The summed E-state index contributed by atoms with van der Waals surface area (Å²) in [6.45, 7) is 2.20. The Labute approximate surface area is 229 Å². The van der Waals surface area contributed by atoms with E-state index in [1.807, 2.05) is 11.6 Å². The van der Waals surface area contributed by atoms with E-state index >= 15 is 0 Å². The van der Waals surface area contributed by atoms with Crippen molar-refractivity contribution in [2.75, 3.05) is 18.6 Å². The molecule has 0 saturated heterocycles. The van der Waals surface area contributed by atoms with Gasteiger partial charge in [-0.25, -0.2) is 21.9 Å². The molecule has 1 amide bonds. The van der Waals surface area contributed by atoms with Crippen LogP contribution < -0.4 is 19.1 Å². The van der Waals surface area contributed by atoms with Crippen molar-refractivity contribution in [3.05, 3.63) is 108 Å². The Morgan fingerprint density at radius 1 is 1.00 bits per heavy atom. The quantitative estimate of drug-likeness (QED) is 0.264. The number of benzene rings is 3. The number of hydrogen-bond acceptors (Lipinski definition) is 8. The molecule has 0 fully saturated rings. The first-order valence-corrected chi connectivity index (χ1v) is 13.4. The van der Waals surface area contributed by atoms with Crippen LogP contribution in [0.3, 0.4) is 0 Å². The lowest BCUT2D eigenvalue weighted by molar-refractivity contribution is 0.0981. The van der Waals surface area contributed by atoms with Crippen LogP contribution in [0.5, 0.6) is 11.5 Å². The summed E-state index contributed by atoms with van der Waals surface area (Å²) in [4.78, 5) is 17.8. The van der Waals surface area contributed by atoms with Gasteiger partial charge < -0.3 is 19.5 Å². The minimum atomic E-state index is -4.47. The fourth-order valence-corrected chi connectivity index (χ4v) is 4.84. The topological polar surface area (TPSA) is 118 Å². The monoisotopic (exact) mass is 569 g/mol. The highest BCUT2D eigenvalue weighted by Crippen LogP contribution is 2.39. The number of sulfonamides is 1. The second kappa shape index (κ2) is 12.1. The Balaban J connectivity index is 1.66. The van der Waals surface area contributed by atoms with E-state index in [9.17, 15) is 27.1 Å². The van der Waals surface area contributed by atoms with E-state index in [1.54, 1.807) is 41.4 Å². The van der Waals surface area contributed by atoms with Crippen molar-refractivity contribution in [3.8, 4) is 11.5 Å². The molecule has 40 heavy (non-hydrogen) atoms. The number of nitrogens with one attached hydrogen (secondary N) is 1. The van der Waals surface area contributed by atoms with Gasteiger partial charge in [-0.2, -0.15) is 0 Å². The van der Waals surface area contributed by atoms with Crippen molar-refractivity contribution < 1.29 is 36.6 Å². The second-order valence-electron chi connectivity index (χ2n) is 8.36. The average Bonchev–Trinajstić information content (AvgIpc) is 2.95. The van der Waals surface area contributed by atoms with Gasteiger partial charge in [0, 0.05) is 41.0 Å². The van der Waals surface area contributed by atoms with Gasteiger partial charge in [-0.1, -0.05) is 6.07 Å². The minimum Gasteiger partial charge on any atom is -0.493 e. The summed E-state index contributed by atoms with van der Waals surface area (Å²) in [6.07, 6.45) is 1.88. The number of aromatic nitrogens is 1. The molecule has 208 valence electrons. The van der Waals surface area contributed by atoms with Crippen LogP contribution in [0.2, 0.25) is 0 Å². The molecule has 3 aromatic carbocycles. The average molecular weight is 570 g/mol. The molecule has 1 aromatic heterocycles. The molecule has 4 rings (SSSR count). The molecule has 1 heterocycles. The standard InChI is InChI=1S/C28H25F2N3O6S/c1-3-39-26-15-21(10-13-25(26)38-2)33(28(35)19-5-4-14-31-17-19)20-8-6-18(7-9-20)27(34)32-40(36,37)22-11-12-23(29)24(30)16-22/h4-17,28,35H,3H2,1-2H3,(H,32,34). The Hall–Kier alpha value is -4.55. The van der Waals surface area contributed by atoms with Crippen LogP contribution in [-0.4, -0.2) is 38.1 Å². The molecule has 0 saturated carbocycles. The Kier molecular flexibility index (Phi) is 8.61. The number of ether oxygens (including phenoxy) is 2. The Morgan fingerprint density at radius 2 is 1.73 bits per heavy atom. The number of carbonyl (C=O) groups excluding carboxylic acids is 1. The third-order valence-corrected chi connectivity index (χ3v) is 7.12. The fraction of sp³-hybridized carbons (Fsp3) is 0.143. The van der Waals surface area contributed by atoms with Gasteiger partial charge in [0.05, 0.1) is 18.6 Å². The van der Waals surface area contributed by atoms with Crippen molar-refractivity contribution in [3.63, 3.8) is 0 Å². The van der Waals surface area contributed by atoms with E-state index in [0.717, 1.165) is 6.07 Å². The van der Waals surface area contributed by atoms with Gasteiger partial charge >= 0.3 is 0 Å². The van der Waals surface area contributed by atoms with E-state index in [4.69, 9.17) is 9.47 Å². The first-order chi connectivity index (χ1) is 19.1. The molecule has 12 heteroatoms. The predicted octanol–water partition coefficient (Wildman–Crippen LogP) is 4.72. The SMILES string of the molecule is CCOc1cc(N(c2ccc(C(=O)NS(=O)(=O)c3ccc(F)c(F)c3)cc2)C(O)c2cccnc2)ccc1OC. The number of rotatable bonds is 10. The molecule has 1 unspecified atom stereocenters. The van der Waals surface area contributed by atoms with E-state index < -0.39 is 38.7 Å². The molecule has 0 aliphatic carbocycles. The minimum absolute atomic E-state index is 0.0320. The summed E-state index contributed by atoms with van der Waals surface area (Å²) in [7, 11) is -2.96. The van der Waals surface area contributed by atoms with E-state index in [0.29, 0.717) is 47.2 Å². The number of hydrogen-bond donors (Lipinski definition) is 2. The molecule has 1 atom stereocenters. The maximum Gasteiger partial charge on any atom is 0.264 e. The molecular formula is C28H25F2N3O6S. The van der Waals surface area contributed by atoms with Crippen molar-refractivity contribution in [1.29, 1.82) is 0 Å². The number of aliphatic hydroxyl groups excluding tert-OH is 1. The van der Waals surface area contributed by atoms with Crippen LogP contribution in [0, 0.1) is 11.6 Å². The van der Waals surface area contributed by atoms with E-state index in [2.05, 4.69) is 4.98 Å². The second-order valence-corrected chi connectivity index (χ2v) is 10.0. The molecule has 2 N–H and O–H groups in total. The lowest BCUT2D eigenvalue weighted by atomic mass is 10.1. The van der Waals surface area contributed by atoms with Crippen molar-refractivity contribution >= 4 is 27.3 Å². The highest BCUT2D eigenvalue weighted by molar-refractivity contribution is 7.90. The first-order valence-electron chi connectivity index (χ1n) is 11.9. The molecule has 9 nitrogen and oxygen atoms in total. The zero-order valence-corrected chi connectivity index (χ0v) is 22.2. The number of pyridine rings is 1. The zero-order valence-electron chi connectivity index (χ0n) is 21.4. The molecule has 0 bridgehead atoms. The van der Waals surface area contributed by atoms with Crippen LogP contribution >= 0.6 is 0 Å². The van der Waals surface area contributed by atoms with Gasteiger partial charge in [-0.05, 0) is 67.6 Å². The number of methoxy groups -OCH3 is 1. The predicted molar refractivity (Wildman–Crippen MR) is 143 cm³/mol. The lowest BCUT2D eigenvalue weighted by Crippen LogP contribution is -2.30. The summed E-state index contributed by atoms with van der Waals surface area (Å²) >= 11 is 0. The number of halogens is 2. The van der Waals surface area contributed by atoms with Crippen LogP contribution in [0.4, 0.5) is 20.2 Å². The number of nitrogens with zero attached hydrogens (tertiary/aromatic N) is 2. The number of aliphatic hydroxyl groups is 1. The molecule has 0 spiro atoms. The lowest BCUT2D eigenvalue weighted by Gasteiger charge is -2.31. The summed E-state index contributed by atoms with van der Waals surface area (Å²) in [6, 6.07) is 16.2. The fourth-order valence-electron chi connectivity index (χ4n) is 3.85. The van der Waals surface area contributed by atoms with Gasteiger partial charge in [0.2, 0.25) is 0 Å². The number of anilines is 2.